The molecular formula is C14H16ClF2NO2. The highest BCUT2D eigenvalue weighted by Gasteiger charge is 2.25. The van der Waals surface area contributed by atoms with Gasteiger partial charge in [-0.2, -0.15) is 0 Å². The standard InChI is InChI=1S/C14H16ClF2NO2/c15-5-8-20-11-3-6-18(7-4-11)14(19)12-9-10(16)1-2-13(12)17/h1-2,9,11H,3-8H2. The molecule has 1 aromatic rings. The lowest BCUT2D eigenvalue weighted by atomic mass is 10.1. The van der Waals surface area contributed by atoms with Gasteiger partial charge < -0.3 is 9.64 Å². The number of hydrogen-bond donors (Lipinski definition) is 0. The maximum Gasteiger partial charge on any atom is 0.256 e. The molecule has 0 aromatic heterocycles. The van der Waals surface area contributed by atoms with E-state index in [1.54, 1.807) is 0 Å². The van der Waals surface area contributed by atoms with E-state index in [0.717, 1.165) is 18.2 Å². The lowest BCUT2D eigenvalue weighted by Gasteiger charge is -2.32. The first-order valence-electron chi connectivity index (χ1n) is 6.53. The quantitative estimate of drug-likeness (QED) is 0.801. The number of piperidine rings is 1. The van der Waals surface area contributed by atoms with Gasteiger partial charge in [-0.15, -0.1) is 11.6 Å². The molecule has 0 radical (unpaired) electrons. The minimum atomic E-state index is -0.697. The van der Waals surface area contributed by atoms with Gasteiger partial charge in [-0.1, -0.05) is 0 Å². The molecular weight excluding hydrogens is 288 g/mol. The van der Waals surface area contributed by atoms with Crippen LogP contribution in [0.5, 0.6) is 0 Å². The Balaban J connectivity index is 1.96. The summed E-state index contributed by atoms with van der Waals surface area (Å²) in [5, 5.41) is 0. The zero-order valence-electron chi connectivity index (χ0n) is 10.9. The first kappa shape index (κ1) is 15.2. The third-order valence-electron chi connectivity index (χ3n) is 3.32. The lowest BCUT2D eigenvalue weighted by molar-refractivity contribution is 0.0152. The SMILES string of the molecule is O=C(c1cc(F)ccc1F)N1CCC(OCCCl)CC1. The number of halogens is 3. The van der Waals surface area contributed by atoms with Crippen LogP contribution in [0.4, 0.5) is 8.78 Å². The molecule has 110 valence electrons. The third kappa shape index (κ3) is 3.67. The molecule has 1 heterocycles. The normalized spacial score (nSPS) is 16.4. The number of ether oxygens (including phenoxy) is 1. The minimum absolute atomic E-state index is 0.0788. The Bertz CT molecular complexity index is 476. The van der Waals surface area contributed by atoms with Gasteiger partial charge in [-0.3, -0.25) is 4.79 Å². The van der Waals surface area contributed by atoms with E-state index in [-0.39, 0.29) is 11.7 Å². The summed E-state index contributed by atoms with van der Waals surface area (Å²) in [6, 6.07) is 2.91. The number of carbonyl (C=O) groups excluding carboxylic acids is 1. The van der Waals surface area contributed by atoms with Crippen molar-refractivity contribution in [1.29, 1.82) is 0 Å². The van der Waals surface area contributed by atoms with Gasteiger partial charge in [-0.05, 0) is 31.0 Å². The molecule has 0 N–H and O–H groups in total. The first-order chi connectivity index (χ1) is 9.61. The monoisotopic (exact) mass is 303 g/mol. The molecule has 0 atom stereocenters. The molecule has 0 aliphatic carbocycles. The number of rotatable bonds is 4. The zero-order valence-corrected chi connectivity index (χ0v) is 11.7. The lowest BCUT2D eigenvalue weighted by Crippen LogP contribution is -2.41. The molecule has 0 spiro atoms. The Labute approximate surface area is 121 Å². The fourth-order valence-electron chi connectivity index (χ4n) is 2.27. The Kier molecular flexibility index (Phi) is 5.31. The molecule has 2 rings (SSSR count). The number of likely N-dealkylation sites (tertiary alicyclic amines) is 1. The number of alkyl halides is 1. The van der Waals surface area contributed by atoms with Crippen LogP contribution in [-0.4, -0.2) is 42.5 Å². The second kappa shape index (κ2) is 6.99. The largest absolute Gasteiger partial charge is 0.377 e. The van der Waals surface area contributed by atoms with E-state index < -0.39 is 17.5 Å². The highest BCUT2D eigenvalue weighted by molar-refractivity contribution is 6.17. The molecule has 0 saturated carbocycles. The summed E-state index contributed by atoms with van der Waals surface area (Å²) >= 11 is 5.55. The number of benzene rings is 1. The molecule has 1 aliphatic rings. The Morgan fingerprint density at radius 1 is 1.35 bits per heavy atom. The van der Waals surface area contributed by atoms with Crippen LogP contribution in [0.3, 0.4) is 0 Å². The average molecular weight is 304 g/mol. The predicted molar refractivity (Wildman–Crippen MR) is 72.0 cm³/mol. The highest BCUT2D eigenvalue weighted by Crippen LogP contribution is 2.18. The van der Waals surface area contributed by atoms with Crippen molar-refractivity contribution in [3.05, 3.63) is 35.4 Å². The van der Waals surface area contributed by atoms with Gasteiger partial charge in [0.25, 0.3) is 5.91 Å². The Hall–Kier alpha value is -1.20. The molecule has 1 amide bonds. The summed E-state index contributed by atoms with van der Waals surface area (Å²) in [5.74, 6) is -1.35. The maximum absolute atomic E-state index is 13.6. The number of amides is 1. The molecule has 1 fully saturated rings. The van der Waals surface area contributed by atoms with Crippen LogP contribution in [0.2, 0.25) is 0 Å². The fraction of sp³-hybridized carbons (Fsp3) is 0.500. The summed E-state index contributed by atoms with van der Waals surface area (Å²) in [4.78, 5) is 13.7. The third-order valence-corrected chi connectivity index (χ3v) is 3.47. The van der Waals surface area contributed by atoms with Crippen molar-refractivity contribution in [3.8, 4) is 0 Å². The Morgan fingerprint density at radius 2 is 2.05 bits per heavy atom. The Morgan fingerprint density at radius 3 is 2.70 bits per heavy atom. The topological polar surface area (TPSA) is 29.5 Å². The molecule has 1 aromatic carbocycles. The summed E-state index contributed by atoms with van der Waals surface area (Å²) in [5.41, 5.74) is -0.217. The van der Waals surface area contributed by atoms with Crippen LogP contribution in [0, 0.1) is 11.6 Å². The summed E-state index contributed by atoms with van der Waals surface area (Å²) in [6.45, 7) is 1.43. The van der Waals surface area contributed by atoms with E-state index in [4.69, 9.17) is 16.3 Å². The van der Waals surface area contributed by atoms with Gasteiger partial charge in [0.05, 0.1) is 18.3 Å². The van der Waals surface area contributed by atoms with Gasteiger partial charge in [0.1, 0.15) is 11.6 Å². The van der Waals surface area contributed by atoms with Crippen LogP contribution in [0.25, 0.3) is 0 Å². The second-order valence-electron chi connectivity index (χ2n) is 4.68. The second-order valence-corrected chi connectivity index (χ2v) is 5.05. The molecule has 6 heteroatoms. The van der Waals surface area contributed by atoms with E-state index >= 15 is 0 Å². The van der Waals surface area contributed by atoms with E-state index in [1.807, 2.05) is 0 Å². The maximum atomic E-state index is 13.6. The fourth-order valence-corrected chi connectivity index (χ4v) is 2.36. The van der Waals surface area contributed by atoms with E-state index in [9.17, 15) is 13.6 Å². The number of hydrogen-bond acceptors (Lipinski definition) is 2. The number of nitrogens with zero attached hydrogens (tertiary/aromatic N) is 1. The van der Waals surface area contributed by atoms with E-state index in [0.29, 0.717) is 38.4 Å². The predicted octanol–water partition coefficient (Wildman–Crippen LogP) is 2.82. The highest BCUT2D eigenvalue weighted by atomic mass is 35.5. The van der Waals surface area contributed by atoms with Gasteiger partial charge in [0, 0.05) is 19.0 Å². The van der Waals surface area contributed by atoms with Crippen LogP contribution in [-0.2, 0) is 4.74 Å². The summed E-state index contributed by atoms with van der Waals surface area (Å²) in [6.07, 6.45) is 1.44. The smallest absolute Gasteiger partial charge is 0.256 e. The van der Waals surface area contributed by atoms with Crippen LogP contribution in [0.15, 0.2) is 18.2 Å². The van der Waals surface area contributed by atoms with Gasteiger partial charge >= 0.3 is 0 Å². The van der Waals surface area contributed by atoms with E-state index in [2.05, 4.69) is 0 Å². The van der Waals surface area contributed by atoms with Crippen molar-refractivity contribution in [2.75, 3.05) is 25.6 Å². The van der Waals surface area contributed by atoms with Crippen LogP contribution < -0.4 is 0 Å². The molecule has 0 unspecified atom stereocenters. The molecule has 1 saturated heterocycles. The van der Waals surface area contributed by atoms with Gasteiger partial charge in [0.15, 0.2) is 0 Å². The van der Waals surface area contributed by atoms with E-state index in [1.165, 1.54) is 4.90 Å². The molecule has 20 heavy (non-hydrogen) atoms. The molecule has 1 aliphatic heterocycles. The number of carbonyl (C=O) groups is 1. The average Bonchev–Trinajstić information content (AvgIpc) is 2.47. The molecule has 0 bridgehead atoms. The van der Waals surface area contributed by atoms with Crippen LogP contribution >= 0.6 is 11.6 Å². The van der Waals surface area contributed by atoms with Gasteiger partial charge in [0.2, 0.25) is 0 Å². The molecule has 3 nitrogen and oxygen atoms in total. The van der Waals surface area contributed by atoms with Crippen molar-refractivity contribution in [1.82, 2.24) is 4.90 Å². The van der Waals surface area contributed by atoms with Crippen molar-refractivity contribution in [2.24, 2.45) is 0 Å². The van der Waals surface area contributed by atoms with Crippen molar-refractivity contribution < 1.29 is 18.3 Å². The van der Waals surface area contributed by atoms with Crippen LogP contribution in [0.1, 0.15) is 23.2 Å². The van der Waals surface area contributed by atoms with Crippen molar-refractivity contribution in [3.63, 3.8) is 0 Å². The van der Waals surface area contributed by atoms with Crippen molar-refractivity contribution >= 4 is 17.5 Å². The minimum Gasteiger partial charge on any atom is -0.377 e. The summed E-state index contributed by atoms with van der Waals surface area (Å²) in [7, 11) is 0. The zero-order chi connectivity index (χ0) is 14.5. The van der Waals surface area contributed by atoms with Crippen molar-refractivity contribution in [2.45, 2.75) is 18.9 Å². The van der Waals surface area contributed by atoms with Gasteiger partial charge in [-0.25, -0.2) is 8.78 Å². The first-order valence-corrected chi connectivity index (χ1v) is 7.07. The summed E-state index contributed by atoms with van der Waals surface area (Å²) < 4.78 is 32.2.